The van der Waals surface area contributed by atoms with Crippen LogP contribution in [0.4, 0.5) is 5.82 Å². The Bertz CT molecular complexity index is 911. The first-order valence-corrected chi connectivity index (χ1v) is 9.41. The second-order valence-electron chi connectivity index (χ2n) is 7.11. The van der Waals surface area contributed by atoms with Gasteiger partial charge in [0.15, 0.2) is 0 Å². The molecule has 4 rings (SSSR count). The normalized spacial score (nSPS) is 16.6. The summed E-state index contributed by atoms with van der Waals surface area (Å²) in [5.74, 6) is 0.630. The van der Waals surface area contributed by atoms with Crippen LogP contribution in [0.15, 0.2) is 30.5 Å². The lowest BCUT2D eigenvalue weighted by atomic mass is 9.89. The average molecular weight is 362 g/mol. The summed E-state index contributed by atoms with van der Waals surface area (Å²) in [6.45, 7) is 2.31. The number of aryl methyl sites for hydroxylation is 2. The van der Waals surface area contributed by atoms with Crippen molar-refractivity contribution in [2.45, 2.75) is 25.7 Å². The third-order valence-electron chi connectivity index (χ3n) is 5.46. The smallest absolute Gasteiger partial charge is 0.257 e. The van der Waals surface area contributed by atoms with Crippen molar-refractivity contribution in [3.8, 4) is 11.8 Å². The number of nitrogens with zero attached hydrogens (tertiary/aromatic N) is 4. The van der Waals surface area contributed by atoms with Gasteiger partial charge in [0.1, 0.15) is 17.6 Å². The maximum atomic E-state index is 13.0. The van der Waals surface area contributed by atoms with Crippen molar-refractivity contribution in [1.29, 1.82) is 5.26 Å². The number of hydrogen-bond donors (Lipinski definition) is 1. The lowest BCUT2D eigenvalue weighted by Gasteiger charge is -2.36. The average Bonchev–Trinajstić information content (AvgIpc) is 2.73. The first-order valence-electron chi connectivity index (χ1n) is 9.41. The van der Waals surface area contributed by atoms with Gasteiger partial charge in [0.2, 0.25) is 0 Å². The van der Waals surface area contributed by atoms with Crippen molar-refractivity contribution in [3.63, 3.8) is 0 Å². The molecule has 138 valence electrons. The van der Waals surface area contributed by atoms with Crippen molar-refractivity contribution >= 4 is 11.7 Å². The number of carbonyl (C=O) groups is 1. The summed E-state index contributed by atoms with van der Waals surface area (Å²) >= 11 is 0. The van der Waals surface area contributed by atoms with E-state index in [9.17, 15) is 15.2 Å². The highest BCUT2D eigenvalue weighted by Crippen LogP contribution is 2.29. The molecule has 6 heteroatoms. The second kappa shape index (κ2) is 7.28. The molecule has 2 heterocycles. The number of aromatic nitrogens is 1. The number of phenols is 1. The molecule has 1 aromatic carbocycles. The van der Waals surface area contributed by atoms with Gasteiger partial charge in [-0.25, -0.2) is 4.98 Å². The molecule has 0 atom stereocenters. The molecular weight excluding hydrogens is 340 g/mol. The summed E-state index contributed by atoms with van der Waals surface area (Å²) in [4.78, 5) is 21.1. The van der Waals surface area contributed by atoms with E-state index in [0.717, 1.165) is 25.7 Å². The van der Waals surface area contributed by atoms with Gasteiger partial charge in [-0.1, -0.05) is 0 Å². The number of rotatable bonds is 2. The molecule has 2 aliphatic rings. The van der Waals surface area contributed by atoms with Crippen LogP contribution in [-0.2, 0) is 12.8 Å². The number of aromatic hydroxyl groups is 1. The van der Waals surface area contributed by atoms with E-state index in [1.165, 1.54) is 11.1 Å². The van der Waals surface area contributed by atoms with E-state index in [1.807, 2.05) is 11.0 Å². The van der Waals surface area contributed by atoms with Crippen LogP contribution < -0.4 is 4.90 Å². The molecule has 6 nitrogen and oxygen atoms in total. The van der Waals surface area contributed by atoms with Crippen LogP contribution >= 0.6 is 0 Å². The summed E-state index contributed by atoms with van der Waals surface area (Å²) < 4.78 is 0. The second-order valence-corrected chi connectivity index (χ2v) is 7.11. The largest absolute Gasteiger partial charge is 0.507 e. The van der Waals surface area contributed by atoms with Gasteiger partial charge in [-0.05, 0) is 61.1 Å². The lowest BCUT2D eigenvalue weighted by molar-refractivity contribution is 0.0743. The minimum absolute atomic E-state index is 0.0829. The third-order valence-corrected chi connectivity index (χ3v) is 5.46. The predicted molar refractivity (Wildman–Crippen MR) is 102 cm³/mol. The number of phenolic OH excluding ortho intramolecular Hbond substituents is 1. The number of hydrogen-bond acceptors (Lipinski definition) is 5. The molecule has 1 aliphatic carbocycles. The van der Waals surface area contributed by atoms with Gasteiger partial charge in [-0.2, -0.15) is 5.26 Å². The monoisotopic (exact) mass is 362 g/mol. The Hall–Kier alpha value is -3.07. The molecule has 0 radical (unpaired) electrons. The number of pyridine rings is 1. The maximum Gasteiger partial charge on any atom is 0.257 e. The molecule has 1 aliphatic heterocycles. The fourth-order valence-corrected chi connectivity index (χ4v) is 3.97. The molecular formula is C21H22N4O2. The predicted octanol–water partition coefficient (Wildman–Crippen LogP) is 2.50. The van der Waals surface area contributed by atoms with Gasteiger partial charge in [-0.15, -0.1) is 0 Å². The first kappa shape index (κ1) is 17.3. The molecule has 0 saturated carbocycles. The Labute approximate surface area is 158 Å². The molecule has 1 N–H and O–H groups in total. The van der Waals surface area contributed by atoms with Crippen LogP contribution in [0.25, 0.3) is 0 Å². The molecule has 1 amide bonds. The molecule has 1 saturated heterocycles. The van der Waals surface area contributed by atoms with Crippen molar-refractivity contribution in [3.05, 3.63) is 52.7 Å². The van der Waals surface area contributed by atoms with Crippen LogP contribution in [0.1, 0.15) is 39.9 Å². The Morgan fingerprint density at radius 3 is 2.52 bits per heavy atom. The standard InChI is InChI=1S/C21H22N4O2/c22-14-17-6-3-7-23-20(17)24-8-10-25(11-9-24)21(27)18-12-15-4-1-2-5-16(15)13-19(18)26/h3,6-7,12-13,26H,1-2,4-5,8-11H2. The van der Waals surface area contributed by atoms with Crippen LogP contribution in [-0.4, -0.2) is 47.1 Å². The lowest BCUT2D eigenvalue weighted by Crippen LogP contribution is -2.49. The highest BCUT2D eigenvalue weighted by molar-refractivity contribution is 5.97. The summed E-state index contributed by atoms with van der Waals surface area (Å²) in [7, 11) is 0. The molecule has 1 aromatic heterocycles. The zero-order chi connectivity index (χ0) is 18.8. The Kier molecular flexibility index (Phi) is 4.68. The highest BCUT2D eigenvalue weighted by atomic mass is 16.3. The van der Waals surface area contributed by atoms with Crippen molar-refractivity contribution in [1.82, 2.24) is 9.88 Å². The molecule has 1 fully saturated rings. The van der Waals surface area contributed by atoms with E-state index >= 15 is 0 Å². The summed E-state index contributed by atoms with van der Waals surface area (Å²) in [5.41, 5.74) is 3.30. The van der Waals surface area contributed by atoms with E-state index < -0.39 is 0 Å². The van der Waals surface area contributed by atoms with Gasteiger partial charge < -0.3 is 14.9 Å². The van der Waals surface area contributed by atoms with Crippen LogP contribution in [0, 0.1) is 11.3 Å². The summed E-state index contributed by atoms with van der Waals surface area (Å²) in [6, 6.07) is 9.33. The maximum absolute atomic E-state index is 13.0. The zero-order valence-corrected chi connectivity index (χ0v) is 15.2. The number of carbonyl (C=O) groups excluding carboxylic acids is 1. The Balaban J connectivity index is 1.49. The number of piperazine rings is 1. The van der Waals surface area contributed by atoms with Gasteiger partial charge in [0.05, 0.1) is 11.1 Å². The van der Waals surface area contributed by atoms with Crippen LogP contribution in [0.2, 0.25) is 0 Å². The van der Waals surface area contributed by atoms with Gasteiger partial charge in [0.25, 0.3) is 5.91 Å². The van der Waals surface area contributed by atoms with Crippen molar-refractivity contribution in [2.75, 3.05) is 31.1 Å². The van der Waals surface area contributed by atoms with Gasteiger partial charge in [0, 0.05) is 32.4 Å². The molecule has 27 heavy (non-hydrogen) atoms. The number of amides is 1. The Morgan fingerprint density at radius 1 is 1.11 bits per heavy atom. The van der Waals surface area contributed by atoms with E-state index in [-0.39, 0.29) is 11.7 Å². The first-order chi connectivity index (χ1) is 13.2. The number of nitriles is 1. The summed E-state index contributed by atoms with van der Waals surface area (Å²) in [6.07, 6.45) is 5.90. The SMILES string of the molecule is N#Cc1cccnc1N1CCN(C(=O)c2cc3c(cc2O)CCCC3)CC1. The van der Waals surface area contributed by atoms with Gasteiger partial charge in [-0.3, -0.25) is 4.79 Å². The molecule has 0 unspecified atom stereocenters. The summed E-state index contributed by atoms with van der Waals surface area (Å²) in [5, 5.41) is 19.6. The fraction of sp³-hybridized carbons (Fsp3) is 0.381. The Morgan fingerprint density at radius 2 is 1.81 bits per heavy atom. The van der Waals surface area contributed by atoms with E-state index in [0.29, 0.717) is 43.1 Å². The third kappa shape index (κ3) is 3.33. The number of anilines is 1. The van der Waals surface area contributed by atoms with E-state index in [1.54, 1.807) is 29.3 Å². The van der Waals surface area contributed by atoms with Crippen molar-refractivity contribution in [2.24, 2.45) is 0 Å². The van der Waals surface area contributed by atoms with E-state index in [4.69, 9.17) is 0 Å². The van der Waals surface area contributed by atoms with Crippen molar-refractivity contribution < 1.29 is 9.90 Å². The highest BCUT2D eigenvalue weighted by Gasteiger charge is 2.26. The number of fused-ring (bicyclic) bond motifs is 1. The minimum Gasteiger partial charge on any atom is -0.507 e. The fourth-order valence-electron chi connectivity index (χ4n) is 3.97. The number of benzene rings is 1. The topological polar surface area (TPSA) is 80.5 Å². The molecule has 2 aromatic rings. The quantitative estimate of drug-likeness (QED) is 0.888. The molecule has 0 bridgehead atoms. The van der Waals surface area contributed by atoms with Crippen LogP contribution in [0.3, 0.4) is 0 Å². The van der Waals surface area contributed by atoms with Crippen LogP contribution in [0.5, 0.6) is 5.75 Å². The molecule has 0 spiro atoms. The zero-order valence-electron chi connectivity index (χ0n) is 15.2. The van der Waals surface area contributed by atoms with Gasteiger partial charge >= 0.3 is 0 Å². The van der Waals surface area contributed by atoms with E-state index in [2.05, 4.69) is 11.1 Å². The minimum atomic E-state index is -0.123.